The van der Waals surface area contributed by atoms with Crippen molar-refractivity contribution in [1.82, 2.24) is 19.4 Å². The van der Waals surface area contributed by atoms with E-state index in [0.717, 1.165) is 5.65 Å². The van der Waals surface area contributed by atoms with Crippen molar-refractivity contribution in [1.29, 1.82) is 0 Å². The number of pyridine rings is 1. The number of hydrogen-bond acceptors (Lipinski definition) is 4. The molecule has 0 aliphatic heterocycles. The monoisotopic (exact) mass is 382 g/mol. The molecule has 0 fully saturated rings. The SMILES string of the molecule is COCc1nc(-c2cn3ccccc3n2)[nH]c(=O)c1I. The van der Waals surface area contributed by atoms with E-state index in [4.69, 9.17) is 4.74 Å². The van der Waals surface area contributed by atoms with Crippen LogP contribution in [0.4, 0.5) is 0 Å². The van der Waals surface area contributed by atoms with Gasteiger partial charge in [-0.3, -0.25) is 4.79 Å². The summed E-state index contributed by atoms with van der Waals surface area (Å²) in [4.78, 5) is 23.5. The number of nitrogens with one attached hydrogen (secondary N) is 1. The molecule has 0 radical (unpaired) electrons. The van der Waals surface area contributed by atoms with E-state index in [1.54, 1.807) is 7.11 Å². The van der Waals surface area contributed by atoms with Gasteiger partial charge in [0.05, 0.1) is 12.3 Å². The first-order valence-electron chi connectivity index (χ1n) is 5.91. The van der Waals surface area contributed by atoms with Crippen LogP contribution in [0, 0.1) is 3.57 Å². The summed E-state index contributed by atoms with van der Waals surface area (Å²) in [7, 11) is 1.57. The topological polar surface area (TPSA) is 72.3 Å². The molecule has 3 aromatic rings. The number of rotatable bonds is 3. The molecule has 20 heavy (non-hydrogen) atoms. The highest BCUT2D eigenvalue weighted by atomic mass is 127. The molecule has 3 heterocycles. The van der Waals surface area contributed by atoms with Crippen molar-refractivity contribution in [2.24, 2.45) is 0 Å². The van der Waals surface area contributed by atoms with Gasteiger partial charge in [-0.2, -0.15) is 0 Å². The quantitative estimate of drug-likeness (QED) is 0.702. The van der Waals surface area contributed by atoms with Crippen LogP contribution in [0.15, 0.2) is 35.4 Å². The molecule has 1 N–H and O–H groups in total. The van der Waals surface area contributed by atoms with E-state index < -0.39 is 0 Å². The highest BCUT2D eigenvalue weighted by molar-refractivity contribution is 14.1. The molecule has 0 aliphatic rings. The van der Waals surface area contributed by atoms with E-state index in [-0.39, 0.29) is 5.56 Å². The minimum absolute atomic E-state index is 0.181. The number of hydrogen-bond donors (Lipinski definition) is 1. The summed E-state index contributed by atoms with van der Waals surface area (Å²) >= 11 is 1.97. The Hall–Kier alpha value is -1.74. The van der Waals surface area contributed by atoms with Gasteiger partial charge in [0.2, 0.25) is 0 Å². The van der Waals surface area contributed by atoms with E-state index in [9.17, 15) is 4.79 Å². The summed E-state index contributed by atoms with van der Waals surface area (Å²) in [5, 5.41) is 0. The van der Waals surface area contributed by atoms with Crippen molar-refractivity contribution < 1.29 is 4.74 Å². The molecule has 3 rings (SSSR count). The molecule has 0 bridgehead atoms. The van der Waals surface area contributed by atoms with Crippen molar-refractivity contribution in [2.75, 3.05) is 7.11 Å². The molecule has 0 saturated carbocycles. The Kier molecular flexibility index (Phi) is 3.53. The number of ether oxygens (including phenoxy) is 1. The molecule has 7 heteroatoms. The lowest BCUT2D eigenvalue weighted by Crippen LogP contribution is -2.16. The smallest absolute Gasteiger partial charge is 0.265 e. The summed E-state index contributed by atoms with van der Waals surface area (Å²) in [5.74, 6) is 0.450. The van der Waals surface area contributed by atoms with Gasteiger partial charge >= 0.3 is 0 Å². The lowest BCUT2D eigenvalue weighted by atomic mass is 10.3. The second-order valence-corrected chi connectivity index (χ2v) is 5.28. The molecular weight excluding hydrogens is 371 g/mol. The van der Waals surface area contributed by atoms with Crippen LogP contribution in [-0.4, -0.2) is 26.5 Å². The summed E-state index contributed by atoms with van der Waals surface area (Å²) in [6, 6.07) is 5.72. The predicted molar refractivity (Wildman–Crippen MR) is 82.5 cm³/mol. The molecule has 0 unspecified atom stereocenters. The Morgan fingerprint density at radius 1 is 1.40 bits per heavy atom. The first-order valence-corrected chi connectivity index (χ1v) is 6.98. The third-order valence-corrected chi connectivity index (χ3v) is 3.93. The van der Waals surface area contributed by atoms with Crippen molar-refractivity contribution in [3.05, 3.63) is 50.2 Å². The first kappa shape index (κ1) is 13.3. The number of aromatic amines is 1. The van der Waals surface area contributed by atoms with Gasteiger partial charge in [0.1, 0.15) is 14.9 Å². The zero-order chi connectivity index (χ0) is 14.1. The second-order valence-electron chi connectivity index (χ2n) is 4.20. The normalized spacial score (nSPS) is 11.1. The number of fused-ring (bicyclic) bond motifs is 1. The van der Waals surface area contributed by atoms with Gasteiger partial charge in [0.15, 0.2) is 5.82 Å². The minimum atomic E-state index is -0.181. The van der Waals surface area contributed by atoms with Crippen molar-refractivity contribution >= 4 is 28.2 Å². The molecule has 102 valence electrons. The van der Waals surface area contributed by atoms with Crippen molar-refractivity contribution in [3.8, 4) is 11.5 Å². The Labute approximate surface area is 128 Å². The fraction of sp³-hybridized carbons (Fsp3) is 0.154. The lowest BCUT2D eigenvalue weighted by Gasteiger charge is -2.03. The van der Waals surface area contributed by atoms with E-state index >= 15 is 0 Å². The zero-order valence-electron chi connectivity index (χ0n) is 10.6. The van der Waals surface area contributed by atoms with Crippen LogP contribution in [0.25, 0.3) is 17.2 Å². The average molecular weight is 382 g/mol. The van der Waals surface area contributed by atoms with Crippen molar-refractivity contribution in [2.45, 2.75) is 6.61 Å². The summed E-state index contributed by atoms with van der Waals surface area (Å²) in [6.45, 7) is 0.294. The third kappa shape index (κ3) is 2.34. The molecule has 0 spiro atoms. The number of nitrogens with zero attached hydrogens (tertiary/aromatic N) is 3. The van der Waals surface area contributed by atoms with Gasteiger partial charge in [0, 0.05) is 19.5 Å². The molecule has 3 aromatic heterocycles. The molecule has 0 atom stereocenters. The molecule has 0 aliphatic carbocycles. The Balaban J connectivity index is 2.16. The Morgan fingerprint density at radius 3 is 3.00 bits per heavy atom. The first-order chi connectivity index (χ1) is 9.69. The zero-order valence-corrected chi connectivity index (χ0v) is 12.8. The third-order valence-electron chi connectivity index (χ3n) is 2.82. The minimum Gasteiger partial charge on any atom is -0.378 e. The van der Waals surface area contributed by atoms with Gasteiger partial charge in [0.25, 0.3) is 5.56 Å². The van der Waals surface area contributed by atoms with Gasteiger partial charge in [-0.25, -0.2) is 9.97 Å². The average Bonchev–Trinajstić information content (AvgIpc) is 2.87. The van der Waals surface area contributed by atoms with Crippen LogP contribution >= 0.6 is 22.6 Å². The van der Waals surface area contributed by atoms with Crippen LogP contribution in [0.3, 0.4) is 0 Å². The van der Waals surface area contributed by atoms with Gasteiger partial charge in [-0.15, -0.1) is 0 Å². The maximum Gasteiger partial charge on any atom is 0.265 e. The molecule has 0 saturated heterocycles. The van der Waals surface area contributed by atoms with E-state index in [0.29, 0.717) is 27.4 Å². The van der Waals surface area contributed by atoms with Gasteiger partial charge in [-0.1, -0.05) is 6.07 Å². The molecule has 0 aromatic carbocycles. The maximum absolute atomic E-state index is 11.9. The van der Waals surface area contributed by atoms with Gasteiger partial charge < -0.3 is 14.1 Å². The van der Waals surface area contributed by atoms with Crippen LogP contribution < -0.4 is 5.56 Å². The van der Waals surface area contributed by atoms with Crippen LogP contribution in [0.5, 0.6) is 0 Å². The van der Waals surface area contributed by atoms with E-state index in [1.165, 1.54) is 0 Å². The summed E-state index contributed by atoms with van der Waals surface area (Å²) in [5.41, 5.74) is 1.86. The highest BCUT2D eigenvalue weighted by Gasteiger charge is 2.12. The Morgan fingerprint density at radius 2 is 2.25 bits per heavy atom. The fourth-order valence-corrected chi connectivity index (χ4v) is 2.32. The summed E-state index contributed by atoms with van der Waals surface area (Å²) < 4.78 is 7.48. The molecular formula is C13H11IN4O2. The number of H-pyrrole nitrogens is 1. The predicted octanol–water partition coefficient (Wildman–Crippen LogP) is 1.84. The van der Waals surface area contributed by atoms with E-state index in [1.807, 2.05) is 57.6 Å². The molecule has 0 amide bonds. The number of methoxy groups -OCH3 is 1. The number of aromatic nitrogens is 4. The summed E-state index contributed by atoms with van der Waals surface area (Å²) in [6.07, 6.45) is 3.73. The number of halogens is 1. The molecule has 6 nitrogen and oxygen atoms in total. The van der Waals surface area contributed by atoms with Crippen LogP contribution in [0.1, 0.15) is 5.69 Å². The van der Waals surface area contributed by atoms with Crippen molar-refractivity contribution in [3.63, 3.8) is 0 Å². The highest BCUT2D eigenvalue weighted by Crippen LogP contribution is 2.16. The van der Waals surface area contributed by atoms with Gasteiger partial charge in [-0.05, 0) is 34.7 Å². The fourth-order valence-electron chi connectivity index (χ4n) is 1.91. The maximum atomic E-state index is 11.9. The lowest BCUT2D eigenvalue weighted by molar-refractivity contribution is 0.180. The van der Waals surface area contributed by atoms with Crippen LogP contribution in [-0.2, 0) is 11.3 Å². The van der Waals surface area contributed by atoms with Crippen LogP contribution in [0.2, 0.25) is 0 Å². The second kappa shape index (κ2) is 5.33. The largest absolute Gasteiger partial charge is 0.378 e. The number of imidazole rings is 1. The van der Waals surface area contributed by atoms with E-state index in [2.05, 4.69) is 15.0 Å². The standard InChI is InChI=1S/C13H11IN4O2/c1-20-7-9-11(14)13(19)17-12(16-9)8-6-18-5-3-2-4-10(18)15-8/h2-6H,7H2,1H3,(H,16,17,19). The Bertz CT molecular complexity index is 792.